The summed E-state index contributed by atoms with van der Waals surface area (Å²) in [7, 11) is 0. The lowest BCUT2D eigenvalue weighted by atomic mass is 9.99. The monoisotopic (exact) mass is 329 g/mol. The van der Waals surface area contributed by atoms with Crippen LogP contribution in [-0.2, 0) is 6.42 Å². The van der Waals surface area contributed by atoms with Crippen LogP contribution in [0, 0.1) is 17.5 Å². The minimum atomic E-state index is -0.732. The predicted molar refractivity (Wildman–Crippen MR) is 71.1 cm³/mol. The van der Waals surface area contributed by atoms with Crippen LogP contribution in [0.3, 0.4) is 0 Å². The Morgan fingerprint density at radius 3 is 2.42 bits per heavy atom. The van der Waals surface area contributed by atoms with E-state index in [2.05, 4.69) is 15.9 Å². The third kappa shape index (κ3) is 3.36. The highest BCUT2D eigenvalue weighted by Crippen LogP contribution is 2.23. The van der Waals surface area contributed by atoms with E-state index in [0.717, 1.165) is 18.2 Å². The van der Waals surface area contributed by atoms with Crippen molar-refractivity contribution < 1.29 is 13.2 Å². The van der Waals surface area contributed by atoms with Crippen molar-refractivity contribution in [3.8, 4) is 0 Å². The van der Waals surface area contributed by atoms with Gasteiger partial charge in [-0.1, -0.05) is 22.0 Å². The SMILES string of the molecule is NC(Cc1cc(F)ccc1F)c1ccc(Br)cc1F. The first-order chi connectivity index (χ1) is 8.97. The van der Waals surface area contributed by atoms with Crippen LogP contribution in [0.2, 0.25) is 0 Å². The molecule has 0 spiro atoms. The first kappa shape index (κ1) is 14.1. The van der Waals surface area contributed by atoms with Crippen LogP contribution in [0.15, 0.2) is 40.9 Å². The Balaban J connectivity index is 2.25. The Bertz CT molecular complexity index is 601. The fourth-order valence-corrected chi connectivity index (χ4v) is 2.18. The molecular formula is C14H11BrF3N. The first-order valence-electron chi connectivity index (χ1n) is 5.62. The van der Waals surface area contributed by atoms with Crippen LogP contribution >= 0.6 is 15.9 Å². The fraction of sp³-hybridized carbons (Fsp3) is 0.143. The summed E-state index contributed by atoms with van der Waals surface area (Å²) in [5.74, 6) is -1.56. The summed E-state index contributed by atoms with van der Waals surface area (Å²) < 4.78 is 40.8. The van der Waals surface area contributed by atoms with Crippen molar-refractivity contribution in [2.45, 2.75) is 12.5 Å². The van der Waals surface area contributed by atoms with Crippen LogP contribution in [0.25, 0.3) is 0 Å². The van der Waals surface area contributed by atoms with E-state index < -0.39 is 23.5 Å². The van der Waals surface area contributed by atoms with Crippen LogP contribution in [0.5, 0.6) is 0 Å². The second-order valence-corrected chi connectivity index (χ2v) is 5.13. The summed E-state index contributed by atoms with van der Waals surface area (Å²) in [6.07, 6.45) is 0.0299. The van der Waals surface area contributed by atoms with Gasteiger partial charge in [0.1, 0.15) is 17.5 Å². The third-order valence-electron chi connectivity index (χ3n) is 2.81. The third-order valence-corrected chi connectivity index (χ3v) is 3.30. The van der Waals surface area contributed by atoms with Gasteiger partial charge in [-0.25, -0.2) is 13.2 Å². The van der Waals surface area contributed by atoms with Gasteiger partial charge in [-0.3, -0.25) is 0 Å². The molecule has 0 aromatic heterocycles. The van der Waals surface area contributed by atoms with Gasteiger partial charge in [0.15, 0.2) is 0 Å². The molecule has 1 unspecified atom stereocenters. The summed E-state index contributed by atoms with van der Waals surface area (Å²) in [6.45, 7) is 0. The molecule has 2 N–H and O–H groups in total. The van der Waals surface area contributed by atoms with Crippen LogP contribution in [0.1, 0.15) is 17.2 Å². The molecule has 0 fully saturated rings. The molecule has 0 amide bonds. The summed E-state index contributed by atoms with van der Waals surface area (Å²) in [5.41, 5.74) is 6.26. The lowest BCUT2D eigenvalue weighted by Crippen LogP contribution is -2.16. The van der Waals surface area contributed by atoms with Crippen molar-refractivity contribution in [1.82, 2.24) is 0 Å². The molecule has 19 heavy (non-hydrogen) atoms. The first-order valence-corrected chi connectivity index (χ1v) is 6.41. The Labute approximate surface area is 117 Å². The van der Waals surface area contributed by atoms with E-state index in [1.807, 2.05) is 0 Å². The average molecular weight is 330 g/mol. The van der Waals surface area contributed by atoms with Gasteiger partial charge in [-0.15, -0.1) is 0 Å². The second kappa shape index (κ2) is 5.75. The number of hydrogen-bond donors (Lipinski definition) is 1. The smallest absolute Gasteiger partial charge is 0.129 e. The number of rotatable bonds is 3. The Morgan fingerprint density at radius 2 is 1.74 bits per heavy atom. The van der Waals surface area contributed by atoms with E-state index in [1.165, 1.54) is 12.1 Å². The largest absolute Gasteiger partial charge is 0.324 e. The highest BCUT2D eigenvalue weighted by molar-refractivity contribution is 9.10. The maximum atomic E-state index is 13.7. The molecule has 0 bridgehead atoms. The van der Waals surface area contributed by atoms with Gasteiger partial charge in [-0.2, -0.15) is 0 Å². The number of benzene rings is 2. The molecule has 0 aliphatic rings. The topological polar surface area (TPSA) is 26.0 Å². The van der Waals surface area contributed by atoms with Gasteiger partial charge in [0.25, 0.3) is 0 Å². The molecule has 2 aromatic carbocycles. The van der Waals surface area contributed by atoms with Crippen LogP contribution in [0.4, 0.5) is 13.2 Å². The predicted octanol–water partition coefficient (Wildman–Crippen LogP) is 4.11. The zero-order chi connectivity index (χ0) is 14.0. The Kier molecular flexibility index (Phi) is 4.27. The molecule has 2 rings (SSSR count). The van der Waals surface area contributed by atoms with Crippen molar-refractivity contribution >= 4 is 15.9 Å². The van der Waals surface area contributed by atoms with Gasteiger partial charge < -0.3 is 5.73 Å². The minimum Gasteiger partial charge on any atom is -0.324 e. The van der Waals surface area contributed by atoms with E-state index in [9.17, 15) is 13.2 Å². The van der Waals surface area contributed by atoms with Crippen LogP contribution < -0.4 is 5.73 Å². The fourth-order valence-electron chi connectivity index (χ4n) is 1.85. The van der Waals surface area contributed by atoms with E-state index in [-0.39, 0.29) is 17.5 Å². The summed E-state index contributed by atoms with van der Waals surface area (Å²) in [6, 6.07) is 6.88. The molecule has 1 nitrogen and oxygen atoms in total. The quantitative estimate of drug-likeness (QED) is 0.901. The molecule has 0 saturated heterocycles. The molecule has 0 saturated carbocycles. The van der Waals surface area contributed by atoms with E-state index in [4.69, 9.17) is 5.73 Å². The molecule has 0 heterocycles. The second-order valence-electron chi connectivity index (χ2n) is 4.21. The van der Waals surface area contributed by atoms with Crippen LogP contribution in [-0.4, -0.2) is 0 Å². The standard InChI is InChI=1S/C14H11BrF3N/c15-9-1-3-11(13(18)7-9)14(19)6-8-5-10(16)2-4-12(8)17/h1-5,7,14H,6,19H2. The van der Waals surface area contributed by atoms with Crippen molar-refractivity contribution in [2.24, 2.45) is 5.73 Å². The molecule has 100 valence electrons. The molecular weight excluding hydrogens is 319 g/mol. The van der Waals surface area contributed by atoms with E-state index >= 15 is 0 Å². The number of halogens is 4. The van der Waals surface area contributed by atoms with Gasteiger partial charge in [-0.05, 0) is 42.3 Å². The molecule has 2 aromatic rings. The maximum absolute atomic E-state index is 13.7. The summed E-state index contributed by atoms with van der Waals surface area (Å²) >= 11 is 3.14. The van der Waals surface area contributed by atoms with Crippen molar-refractivity contribution in [3.05, 3.63) is 69.4 Å². The molecule has 1 atom stereocenters. The highest BCUT2D eigenvalue weighted by atomic mass is 79.9. The zero-order valence-electron chi connectivity index (χ0n) is 9.84. The minimum absolute atomic E-state index is 0.0299. The van der Waals surface area contributed by atoms with Gasteiger partial charge in [0.05, 0.1) is 0 Å². The summed E-state index contributed by atoms with van der Waals surface area (Å²) in [5, 5.41) is 0. The molecule has 0 radical (unpaired) electrons. The van der Waals surface area contributed by atoms with Gasteiger partial charge in [0, 0.05) is 16.1 Å². The molecule has 5 heteroatoms. The zero-order valence-corrected chi connectivity index (χ0v) is 11.4. The molecule has 0 aliphatic carbocycles. The average Bonchev–Trinajstić information content (AvgIpc) is 2.33. The maximum Gasteiger partial charge on any atom is 0.129 e. The van der Waals surface area contributed by atoms with Gasteiger partial charge in [0.2, 0.25) is 0 Å². The Morgan fingerprint density at radius 1 is 1.00 bits per heavy atom. The van der Waals surface area contributed by atoms with E-state index in [1.54, 1.807) is 6.07 Å². The summed E-state index contributed by atoms with van der Waals surface area (Å²) in [4.78, 5) is 0. The van der Waals surface area contributed by atoms with E-state index in [0.29, 0.717) is 4.47 Å². The molecule has 0 aliphatic heterocycles. The lowest BCUT2D eigenvalue weighted by molar-refractivity contribution is 0.554. The normalized spacial score (nSPS) is 12.5. The number of hydrogen-bond acceptors (Lipinski definition) is 1. The van der Waals surface area contributed by atoms with Crippen molar-refractivity contribution in [1.29, 1.82) is 0 Å². The van der Waals surface area contributed by atoms with Crippen molar-refractivity contribution in [3.63, 3.8) is 0 Å². The lowest BCUT2D eigenvalue weighted by Gasteiger charge is -2.14. The Hall–Kier alpha value is -1.33. The van der Waals surface area contributed by atoms with Crippen molar-refractivity contribution in [2.75, 3.05) is 0 Å². The highest BCUT2D eigenvalue weighted by Gasteiger charge is 2.15. The van der Waals surface area contributed by atoms with Gasteiger partial charge >= 0.3 is 0 Å². The number of nitrogens with two attached hydrogens (primary N) is 1.